The van der Waals surface area contributed by atoms with Crippen molar-refractivity contribution in [2.24, 2.45) is 0 Å². The molecular weight excluding hydrogens is 430 g/mol. The van der Waals surface area contributed by atoms with Crippen LogP contribution in [0.15, 0.2) is 64.3 Å². The number of carbonyl (C=O) groups is 1. The molecule has 1 aromatic heterocycles. The molecule has 1 fully saturated rings. The molecule has 0 bridgehead atoms. The van der Waals surface area contributed by atoms with E-state index in [0.717, 1.165) is 16.5 Å². The van der Waals surface area contributed by atoms with Gasteiger partial charge in [0.25, 0.3) is 5.56 Å². The zero-order valence-electron chi connectivity index (χ0n) is 17.8. The Kier molecular flexibility index (Phi) is 6.40. The van der Waals surface area contributed by atoms with Crippen molar-refractivity contribution >= 4 is 32.5 Å². The molecule has 0 atom stereocenters. The van der Waals surface area contributed by atoms with Crippen LogP contribution in [0.2, 0.25) is 0 Å². The average molecular weight is 456 g/mol. The topological polar surface area (TPSA) is 97.7 Å². The van der Waals surface area contributed by atoms with E-state index < -0.39 is 10.0 Å². The number of morpholine rings is 1. The number of benzene rings is 2. The maximum absolute atomic E-state index is 12.7. The highest BCUT2D eigenvalue weighted by atomic mass is 32.2. The second-order valence-corrected chi connectivity index (χ2v) is 9.61. The summed E-state index contributed by atoms with van der Waals surface area (Å²) in [6.07, 6.45) is 0.112. The van der Waals surface area contributed by atoms with Crippen LogP contribution in [0.1, 0.15) is 12.0 Å². The summed E-state index contributed by atoms with van der Waals surface area (Å²) in [5, 5.41) is 3.74. The first-order valence-electron chi connectivity index (χ1n) is 10.4. The molecule has 0 aliphatic carbocycles. The molecule has 0 saturated carbocycles. The van der Waals surface area contributed by atoms with Gasteiger partial charge in [-0.15, -0.1) is 0 Å². The summed E-state index contributed by atoms with van der Waals surface area (Å²) in [4.78, 5) is 25.1. The molecule has 1 aliphatic heterocycles. The largest absolute Gasteiger partial charge is 0.379 e. The number of nitrogens with one attached hydrogen (secondary N) is 1. The van der Waals surface area contributed by atoms with Crippen molar-refractivity contribution in [3.05, 3.63) is 70.5 Å². The molecule has 1 amide bonds. The van der Waals surface area contributed by atoms with Gasteiger partial charge in [-0.3, -0.25) is 9.59 Å². The van der Waals surface area contributed by atoms with Gasteiger partial charge in [0, 0.05) is 43.2 Å². The first-order chi connectivity index (χ1) is 15.4. The number of hydrogen-bond donors (Lipinski definition) is 1. The predicted molar refractivity (Wildman–Crippen MR) is 122 cm³/mol. The number of carbonyl (C=O) groups excluding carboxylic acids is 1. The zero-order valence-corrected chi connectivity index (χ0v) is 18.6. The van der Waals surface area contributed by atoms with E-state index in [1.165, 1.54) is 16.4 Å². The molecule has 0 unspecified atom stereocenters. The molecule has 3 aromatic rings. The fourth-order valence-corrected chi connectivity index (χ4v) is 5.22. The number of pyridine rings is 1. The van der Waals surface area contributed by atoms with Crippen LogP contribution in [0.5, 0.6) is 0 Å². The molecule has 0 spiro atoms. The standard InChI is InChI=1S/C23H25N3O5S/c1-17-16-23(28)26(21-5-3-2-4-20(17)21)11-10-22(27)24-18-6-8-19(9-7-18)32(29,30)25-12-14-31-15-13-25/h2-9,16H,10-15H2,1H3,(H,24,27). The van der Waals surface area contributed by atoms with Gasteiger partial charge in [-0.2, -0.15) is 4.31 Å². The van der Waals surface area contributed by atoms with E-state index in [9.17, 15) is 18.0 Å². The number of para-hydroxylation sites is 1. The predicted octanol–water partition coefficient (Wildman–Crippen LogP) is 2.36. The van der Waals surface area contributed by atoms with Crippen LogP contribution in [-0.2, 0) is 26.1 Å². The summed E-state index contributed by atoms with van der Waals surface area (Å²) in [7, 11) is -3.58. The highest BCUT2D eigenvalue weighted by molar-refractivity contribution is 7.89. The van der Waals surface area contributed by atoms with Crippen molar-refractivity contribution in [1.82, 2.24) is 8.87 Å². The molecule has 1 saturated heterocycles. The minimum Gasteiger partial charge on any atom is -0.379 e. The molecule has 4 rings (SSSR count). The van der Waals surface area contributed by atoms with Gasteiger partial charge in [0.1, 0.15) is 0 Å². The lowest BCUT2D eigenvalue weighted by molar-refractivity contribution is -0.116. The minimum atomic E-state index is -3.58. The molecule has 168 valence electrons. The number of anilines is 1. The third kappa shape index (κ3) is 4.59. The van der Waals surface area contributed by atoms with E-state index in [-0.39, 0.29) is 29.3 Å². The summed E-state index contributed by atoms with van der Waals surface area (Å²) in [6.45, 7) is 3.56. The highest BCUT2D eigenvalue weighted by Crippen LogP contribution is 2.20. The summed E-state index contributed by atoms with van der Waals surface area (Å²) in [5.74, 6) is -0.259. The molecule has 2 heterocycles. The van der Waals surface area contributed by atoms with Crippen LogP contribution in [-0.4, -0.2) is 49.5 Å². The Labute approximate surface area is 186 Å². The maximum atomic E-state index is 12.7. The van der Waals surface area contributed by atoms with Crippen LogP contribution < -0.4 is 10.9 Å². The molecule has 1 aliphatic rings. The number of aromatic nitrogens is 1. The lowest BCUT2D eigenvalue weighted by Gasteiger charge is -2.26. The number of amides is 1. The minimum absolute atomic E-state index is 0.112. The number of nitrogens with zero attached hydrogens (tertiary/aromatic N) is 2. The average Bonchev–Trinajstić information content (AvgIpc) is 2.80. The van der Waals surface area contributed by atoms with Crippen LogP contribution in [0.4, 0.5) is 5.69 Å². The van der Waals surface area contributed by atoms with Crippen molar-refractivity contribution in [3.8, 4) is 0 Å². The van der Waals surface area contributed by atoms with Crippen molar-refractivity contribution in [1.29, 1.82) is 0 Å². The normalized spacial score (nSPS) is 15.0. The lowest BCUT2D eigenvalue weighted by Crippen LogP contribution is -2.40. The van der Waals surface area contributed by atoms with Crippen LogP contribution in [0.3, 0.4) is 0 Å². The van der Waals surface area contributed by atoms with Gasteiger partial charge in [0.2, 0.25) is 15.9 Å². The Hall–Kier alpha value is -3.01. The smallest absolute Gasteiger partial charge is 0.251 e. The second kappa shape index (κ2) is 9.23. The number of sulfonamides is 1. The maximum Gasteiger partial charge on any atom is 0.251 e. The van der Waals surface area contributed by atoms with E-state index in [4.69, 9.17) is 4.74 Å². The lowest BCUT2D eigenvalue weighted by atomic mass is 10.1. The Morgan fingerprint density at radius 2 is 1.75 bits per heavy atom. The van der Waals surface area contributed by atoms with Gasteiger partial charge in [-0.1, -0.05) is 18.2 Å². The third-order valence-electron chi connectivity index (χ3n) is 5.53. The van der Waals surface area contributed by atoms with Crippen LogP contribution in [0, 0.1) is 6.92 Å². The van der Waals surface area contributed by atoms with E-state index >= 15 is 0 Å². The molecule has 1 N–H and O–H groups in total. The molecule has 0 radical (unpaired) electrons. The first-order valence-corrected chi connectivity index (χ1v) is 11.9. The Morgan fingerprint density at radius 1 is 1.06 bits per heavy atom. The zero-order chi connectivity index (χ0) is 22.7. The van der Waals surface area contributed by atoms with Gasteiger partial charge in [-0.05, 0) is 42.8 Å². The number of ether oxygens (including phenoxy) is 1. The van der Waals surface area contributed by atoms with Gasteiger partial charge in [0.15, 0.2) is 0 Å². The number of aryl methyl sites for hydroxylation is 2. The quantitative estimate of drug-likeness (QED) is 0.615. The number of fused-ring (bicyclic) bond motifs is 1. The van der Waals surface area contributed by atoms with E-state index in [1.807, 2.05) is 31.2 Å². The number of rotatable bonds is 6. The molecule has 8 nitrogen and oxygen atoms in total. The third-order valence-corrected chi connectivity index (χ3v) is 7.45. The van der Waals surface area contributed by atoms with Crippen molar-refractivity contribution in [2.75, 3.05) is 31.6 Å². The Morgan fingerprint density at radius 3 is 2.47 bits per heavy atom. The summed E-state index contributed by atoms with van der Waals surface area (Å²) in [6, 6.07) is 15.3. The Bertz CT molecular complexity index is 1290. The van der Waals surface area contributed by atoms with E-state index in [1.54, 1.807) is 22.8 Å². The number of hydrogen-bond acceptors (Lipinski definition) is 5. The fourth-order valence-electron chi connectivity index (χ4n) is 3.82. The van der Waals surface area contributed by atoms with Gasteiger partial charge in [-0.25, -0.2) is 8.42 Å². The molecule has 2 aromatic carbocycles. The first kappa shape index (κ1) is 22.2. The Balaban J connectivity index is 1.42. The summed E-state index contributed by atoms with van der Waals surface area (Å²) in [5.41, 5.74) is 2.05. The van der Waals surface area contributed by atoms with Crippen molar-refractivity contribution in [3.63, 3.8) is 0 Å². The van der Waals surface area contributed by atoms with Gasteiger partial charge in [0.05, 0.1) is 23.6 Å². The molecule has 32 heavy (non-hydrogen) atoms. The second-order valence-electron chi connectivity index (χ2n) is 7.67. The van der Waals surface area contributed by atoms with Gasteiger partial charge < -0.3 is 14.6 Å². The molecule has 9 heteroatoms. The highest BCUT2D eigenvalue weighted by Gasteiger charge is 2.26. The van der Waals surface area contributed by atoms with Crippen molar-refractivity contribution in [2.45, 2.75) is 24.8 Å². The van der Waals surface area contributed by atoms with Gasteiger partial charge >= 0.3 is 0 Å². The summed E-state index contributed by atoms with van der Waals surface area (Å²) >= 11 is 0. The SMILES string of the molecule is Cc1cc(=O)n(CCC(=O)Nc2ccc(S(=O)(=O)N3CCOCC3)cc2)c2ccccc12. The fraction of sp³-hybridized carbons (Fsp3) is 0.304. The van der Waals surface area contributed by atoms with Crippen LogP contribution >= 0.6 is 0 Å². The monoisotopic (exact) mass is 455 g/mol. The van der Waals surface area contributed by atoms with Crippen molar-refractivity contribution < 1.29 is 17.9 Å². The summed E-state index contributed by atoms with van der Waals surface area (Å²) < 4.78 is 33.6. The van der Waals surface area contributed by atoms with Crippen LogP contribution in [0.25, 0.3) is 10.9 Å². The van der Waals surface area contributed by atoms with E-state index in [2.05, 4.69) is 5.32 Å². The molecular formula is C23H25N3O5S. The van der Waals surface area contributed by atoms with E-state index in [0.29, 0.717) is 32.0 Å².